The van der Waals surface area contributed by atoms with E-state index in [0.29, 0.717) is 16.5 Å². The van der Waals surface area contributed by atoms with Crippen LogP contribution in [-0.4, -0.2) is 29.5 Å². The number of nitriles is 1. The highest BCUT2D eigenvalue weighted by Gasteiger charge is 2.18. The maximum absolute atomic E-state index is 12.1. The first-order chi connectivity index (χ1) is 10.7. The van der Waals surface area contributed by atoms with Gasteiger partial charge >= 0.3 is 0 Å². The minimum absolute atomic E-state index is 0.124. The van der Waals surface area contributed by atoms with Gasteiger partial charge < -0.3 is 10.2 Å². The predicted octanol–water partition coefficient (Wildman–Crippen LogP) is 1.97. The van der Waals surface area contributed by atoms with Gasteiger partial charge in [-0.15, -0.1) is 11.3 Å². The molecule has 7 heteroatoms. The SMILES string of the molecule is CN(CC(=O)Nc1nc2c(s1)CCC2)c1ccc(C#N)cn1. The van der Waals surface area contributed by atoms with E-state index in [9.17, 15) is 4.79 Å². The number of anilines is 2. The van der Waals surface area contributed by atoms with E-state index in [4.69, 9.17) is 5.26 Å². The molecule has 6 nitrogen and oxygen atoms in total. The van der Waals surface area contributed by atoms with Gasteiger partial charge in [0.25, 0.3) is 0 Å². The van der Waals surface area contributed by atoms with Gasteiger partial charge in [-0.2, -0.15) is 5.26 Å². The fraction of sp³-hybridized carbons (Fsp3) is 0.333. The molecule has 112 valence electrons. The Morgan fingerprint density at radius 3 is 3.05 bits per heavy atom. The summed E-state index contributed by atoms with van der Waals surface area (Å²) in [6.45, 7) is 0.184. The predicted molar refractivity (Wildman–Crippen MR) is 85.0 cm³/mol. The molecule has 0 saturated carbocycles. The summed E-state index contributed by atoms with van der Waals surface area (Å²) in [7, 11) is 1.79. The number of pyridine rings is 1. The Labute approximate surface area is 132 Å². The van der Waals surface area contributed by atoms with Gasteiger partial charge in [-0.25, -0.2) is 9.97 Å². The highest BCUT2D eigenvalue weighted by atomic mass is 32.1. The quantitative estimate of drug-likeness (QED) is 0.933. The number of carbonyl (C=O) groups excluding carboxylic acids is 1. The Morgan fingerprint density at radius 2 is 2.36 bits per heavy atom. The molecule has 0 aromatic carbocycles. The third-order valence-electron chi connectivity index (χ3n) is 3.49. The fourth-order valence-corrected chi connectivity index (χ4v) is 3.44. The lowest BCUT2D eigenvalue weighted by atomic mass is 10.3. The van der Waals surface area contributed by atoms with E-state index < -0.39 is 0 Å². The molecule has 0 atom stereocenters. The number of thiazole rings is 1. The first kappa shape index (κ1) is 14.5. The fourth-order valence-electron chi connectivity index (χ4n) is 2.38. The third kappa shape index (κ3) is 3.07. The number of amides is 1. The van der Waals surface area contributed by atoms with E-state index in [-0.39, 0.29) is 12.5 Å². The zero-order valence-electron chi connectivity index (χ0n) is 12.2. The molecule has 0 radical (unpaired) electrons. The van der Waals surface area contributed by atoms with Crippen molar-refractivity contribution in [2.24, 2.45) is 0 Å². The first-order valence-electron chi connectivity index (χ1n) is 7.01. The second-order valence-electron chi connectivity index (χ2n) is 5.16. The number of rotatable bonds is 4. The van der Waals surface area contributed by atoms with Crippen LogP contribution in [0.25, 0.3) is 0 Å². The van der Waals surface area contributed by atoms with Gasteiger partial charge in [-0.05, 0) is 31.4 Å². The minimum Gasteiger partial charge on any atom is -0.350 e. The Kier molecular flexibility index (Phi) is 4.02. The van der Waals surface area contributed by atoms with E-state index in [2.05, 4.69) is 15.3 Å². The molecule has 1 N–H and O–H groups in total. The molecular weight excluding hydrogens is 298 g/mol. The molecule has 3 rings (SSSR count). The molecule has 1 aliphatic carbocycles. The monoisotopic (exact) mass is 313 g/mol. The molecule has 2 aromatic rings. The smallest absolute Gasteiger partial charge is 0.245 e. The van der Waals surface area contributed by atoms with Gasteiger partial charge in [-0.1, -0.05) is 0 Å². The molecule has 2 heterocycles. The van der Waals surface area contributed by atoms with Gasteiger partial charge in [0, 0.05) is 18.1 Å². The van der Waals surface area contributed by atoms with Crippen LogP contribution in [0.1, 0.15) is 22.6 Å². The van der Waals surface area contributed by atoms with Crippen molar-refractivity contribution in [1.82, 2.24) is 9.97 Å². The maximum atomic E-state index is 12.1. The molecule has 1 aliphatic rings. The number of nitrogens with zero attached hydrogens (tertiary/aromatic N) is 4. The topological polar surface area (TPSA) is 81.9 Å². The molecule has 0 saturated heterocycles. The van der Waals surface area contributed by atoms with Crippen LogP contribution in [0.15, 0.2) is 18.3 Å². The van der Waals surface area contributed by atoms with Crippen LogP contribution >= 0.6 is 11.3 Å². The molecule has 0 fully saturated rings. The van der Waals surface area contributed by atoms with E-state index in [1.165, 1.54) is 11.1 Å². The summed E-state index contributed by atoms with van der Waals surface area (Å²) in [5.74, 6) is 0.525. The van der Waals surface area contributed by atoms with Crippen LogP contribution in [0.4, 0.5) is 10.9 Å². The summed E-state index contributed by atoms with van der Waals surface area (Å²) < 4.78 is 0. The van der Waals surface area contributed by atoms with Crippen LogP contribution in [0.3, 0.4) is 0 Å². The molecule has 0 spiro atoms. The van der Waals surface area contributed by atoms with Crippen LogP contribution < -0.4 is 10.2 Å². The van der Waals surface area contributed by atoms with E-state index in [0.717, 1.165) is 25.0 Å². The molecule has 0 aliphatic heterocycles. The lowest BCUT2D eigenvalue weighted by molar-refractivity contribution is -0.114. The third-order valence-corrected chi connectivity index (χ3v) is 4.56. The minimum atomic E-state index is -0.124. The van der Waals surface area contributed by atoms with E-state index in [1.807, 2.05) is 6.07 Å². The van der Waals surface area contributed by atoms with Crippen molar-refractivity contribution in [1.29, 1.82) is 5.26 Å². The number of aromatic nitrogens is 2. The molecule has 1 amide bonds. The maximum Gasteiger partial charge on any atom is 0.245 e. The second kappa shape index (κ2) is 6.12. The van der Waals surface area contributed by atoms with Crippen molar-refractivity contribution in [3.63, 3.8) is 0 Å². The summed E-state index contributed by atoms with van der Waals surface area (Å²) in [5.41, 5.74) is 1.63. The Morgan fingerprint density at radius 1 is 1.50 bits per heavy atom. The molecule has 0 unspecified atom stereocenters. The summed E-state index contributed by atoms with van der Waals surface area (Å²) >= 11 is 1.56. The lowest BCUT2D eigenvalue weighted by Gasteiger charge is -2.16. The van der Waals surface area contributed by atoms with Crippen molar-refractivity contribution >= 4 is 28.2 Å². The lowest BCUT2D eigenvalue weighted by Crippen LogP contribution is -2.30. The number of fused-ring (bicyclic) bond motifs is 1. The zero-order chi connectivity index (χ0) is 15.5. The summed E-state index contributed by atoms with van der Waals surface area (Å²) in [6, 6.07) is 5.43. The highest BCUT2D eigenvalue weighted by Crippen LogP contribution is 2.30. The van der Waals surface area contributed by atoms with E-state index in [1.54, 1.807) is 35.4 Å². The second-order valence-corrected chi connectivity index (χ2v) is 6.25. The largest absolute Gasteiger partial charge is 0.350 e. The Hall–Kier alpha value is -2.46. The van der Waals surface area contributed by atoms with Gasteiger partial charge in [0.1, 0.15) is 11.9 Å². The molecule has 22 heavy (non-hydrogen) atoms. The average molecular weight is 313 g/mol. The number of hydrogen-bond acceptors (Lipinski definition) is 6. The van der Waals surface area contributed by atoms with Crippen molar-refractivity contribution in [3.05, 3.63) is 34.5 Å². The average Bonchev–Trinajstić information content (AvgIpc) is 3.08. The van der Waals surface area contributed by atoms with E-state index >= 15 is 0 Å². The van der Waals surface area contributed by atoms with Crippen molar-refractivity contribution < 1.29 is 4.79 Å². The summed E-state index contributed by atoms with van der Waals surface area (Å²) in [6.07, 6.45) is 4.74. The van der Waals surface area contributed by atoms with Gasteiger partial charge in [-0.3, -0.25) is 4.79 Å². The normalized spacial score (nSPS) is 12.5. The van der Waals surface area contributed by atoms with Gasteiger partial charge in [0.05, 0.1) is 17.8 Å². The summed E-state index contributed by atoms with van der Waals surface area (Å²) in [5, 5.41) is 12.3. The number of likely N-dealkylation sites (N-methyl/N-ethyl adjacent to an activating group) is 1. The highest BCUT2D eigenvalue weighted by molar-refractivity contribution is 7.15. The Balaban J connectivity index is 1.59. The number of carbonyl (C=O) groups is 1. The number of hydrogen-bond donors (Lipinski definition) is 1. The van der Waals surface area contributed by atoms with Crippen molar-refractivity contribution in [3.8, 4) is 6.07 Å². The molecular formula is C15H15N5OS. The zero-order valence-corrected chi connectivity index (χ0v) is 13.0. The molecule has 0 bridgehead atoms. The standard InChI is InChI=1S/C15H15N5OS/c1-20(13-6-5-10(7-16)8-17-13)9-14(21)19-15-18-11-3-2-4-12(11)22-15/h5-6,8H,2-4,9H2,1H3,(H,18,19,21). The van der Waals surface area contributed by atoms with Gasteiger partial charge in [0.15, 0.2) is 5.13 Å². The Bertz CT molecular complexity index is 710. The van der Waals surface area contributed by atoms with Crippen LogP contribution in [0.2, 0.25) is 0 Å². The van der Waals surface area contributed by atoms with Crippen LogP contribution in [0.5, 0.6) is 0 Å². The van der Waals surface area contributed by atoms with Crippen LogP contribution in [-0.2, 0) is 17.6 Å². The van der Waals surface area contributed by atoms with Crippen molar-refractivity contribution in [2.75, 3.05) is 23.8 Å². The molecule has 2 aromatic heterocycles. The van der Waals surface area contributed by atoms with Gasteiger partial charge in [0.2, 0.25) is 5.91 Å². The summed E-state index contributed by atoms with van der Waals surface area (Å²) in [4.78, 5) is 23.7. The van der Waals surface area contributed by atoms with Crippen LogP contribution in [0, 0.1) is 11.3 Å². The first-order valence-corrected chi connectivity index (χ1v) is 7.83. The number of nitrogens with one attached hydrogen (secondary N) is 1. The van der Waals surface area contributed by atoms with Crippen molar-refractivity contribution in [2.45, 2.75) is 19.3 Å². The number of aryl methyl sites for hydroxylation is 2.